The molecule has 0 aliphatic carbocycles. The Hall–Kier alpha value is -3.30. The number of aromatic nitrogens is 3. The molecule has 0 bridgehead atoms. The standard InChI is InChI=1S/C19H13F5N4O/c20-12-6-10(5-11(7-12)19(22,23)24)17(21)15-8-13(1-3-25-15)28-16-2-4-26-18(29)14(16)9-27-28/h1,3,5-9,17H,2,4H2,(H,26,29). The van der Waals surface area contributed by atoms with Gasteiger partial charge in [-0.3, -0.25) is 9.78 Å². The maximum absolute atomic E-state index is 14.9. The van der Waals surface area contributed by atoms with Crippen LogP contribution in [0.4, 0.5) is 22.0 Å². The average Bonchev–Trinajstić information content (AvgIpc) is 3.12. The second-order valence-electron chi connectivity index (χ2n) is 6.50. The summed E-state index contributed by atoms with van der Waals surface area (Å²) in [6.07, 6.45) is -3.71. The molecule has 1 aliphatic rings. The Morgan fingerprint density at radius 3 is 2.72 bits per heavy atom. The summed E-state index contributed by atoms with van der Waals surface area (Å²) in [5.41, 5.74) is -0.563. The van der Waals surface area contributed by atoms with Crippen LogP contribution in [0.25, 0.3) is 5.69 Å². The Kier molecular flexibility index (Phi) is 4.56. The van der Waals surface area contributed by atoms with Gasteiger partial charge in [-0.2, -0.15) is 18.3 Å². The lowest BCUT2D eigenvalue weighted by molar-refractivity contribution is -0.137. The van der Waals surface area contributed by atoms with E-state index in [1.54, 1.807) is 0 Å². The van der Waals surface area contributed by atoms with Gasteiger partial charge in [-0.1, -0.05) is 0 Å². The summed E-state index contributed by atoms with van der Waals surface area (Å²) < 4.78 is 68.7. The molecule has 1 amide bonds. The molecule has 3 aromatic rings. The van der Waals surface area contributed by atoms with Crippen LogP contribution in [0.1, 0.15) is 39.0 Å². The van der Waals surface area contributed by atoms with Crippen LogP contribution in [0.15, 0.2) is 42.7 Å². The van der Waals surface area contributed by atoms with Crippen molar-refractivity contribution >= 4 is 5.91 Å². The summed E-state index contributed by atoms with van der Waals surface area (Å²) in [5.74, 6) is -1.46. The number of nitrogens with zero attached hydrogens (tertiary/aromatic N) is 3. The highest BCUT2D eigenvalue weighted by molar-refractivity contribution is 5.96. The number of nitrogens with one attached hydrogen (secondary N) is 1. The fraction of sp³-hybridized carbons (Fsp3) is 0.211. The van der Waals surface area contributed by atoms with Crippen molar-refractivity contribution in [2.45, 2.75) is 18.8 Å². The predicted molar refractivity (Wildman–Crippen MR) is 91.7 cm³/mol. The first-order valence-electron chi connectivity index (χ1n) is 8.57. The molecule has 0 radical (unpaired) electrons. The third kappa shape index (κ3) is 3.57. The van der Waals surface area contributed by atoms with Gasteiger partial charge < -0.3 is 5.32 Å². The van der Waals surface area contributed by atoms with Crippen molar-refractivity contribution in [3.8, 4) is 5.69 Å². The highest BCUT2D eigenvalue weighted by atomic mass is 19.4. The molecule has 0 saturated heterocycles. The number of hydrogen-bond acceptors (Lipinski definition) is 3. The minimum Gasteiger partial charge on any atom is -0.352 e. The number of carbonyl (C=O) groups is 1. The molecule has 5 nitrogen and oxygen atoms in total. The quantitative estimate of drug-likeness (QED) is 0.672. The molecule has 0 fully saturated rings. The molecule has 10 heteroatoms. The van der Waals surface area contributed by atoms with Crippen LogP contribution in [0.3, 0.4) is 0 Å². The lowest BCUT2D eigenvalue weighted by atomic mass is 10.0. The lowest BCUT2D eigenvalue weighted by Crippen LogP contribution is -2.32. The highest BCUT2D eigenvalue weighted by Crippen LogP contribution is 2.34. The monoisotopic (exact) mass is 408 g/mol. The Morgan fingerprint density at radius 2 is 1.97 bits per heavy atom. The molecule has 0 saturated carbocycles. The fourth-order valence-corrected chi connectivity index (χ4v) is 3.22. The van der Waals surface area contributed by atoms with Gasteiger partial charge in [0.05, 0.1) is 34.4 Å². The van der Waals surface area contributed by atoms with Crippen LogP contribution < -0.4 is 5.32 Å². The summed E-state index contributed by atoms with van der Waals surface area (Å²) in [5, 5.41) is 6.83. The lowest BCUT2D eigenvalue weighted by Gasteiger charge is -2.16. The molecular weight excluding hydrogens is 395 g/mol. The number of benzene rings is 1. The zero-order valence-corrected chi connectivity index (χ0v) is 14.7. The van der Waals surface area contributed by atoms with E-state index in [4.69, 9.17) is 0 Å². The van der Waals surface area contributed by atoms with Gasteiger partial charge >= 0.3 is 6.18 Å². The molecule has 1 unspecified atom stereocenters. The minimum atomic E-state index is -4.81. The fourth-order valence-electron chi connectivity index (χ4n) is 3.22. The average molecular weight is 408 g/mol. The van der Waals surface area contributed by atoms with Crippen molar-refractivity contribution in [2.75, 3.05) is 6.54 Å². The third-order valence-corrected chi connectivity index (χ3v) is 4.57. The van der Waals surface area contributed by atoms with Gasteiger partial charge in [0.25, 0.3) is 5.91 Å². The second kappa shape index (κ2) is 6.94. The Balaban J connectivity index is 1.72. The van der Waals surface area contributed by atoms with Gasteiger partial charge in [0, 0.05) is 19.2 Å². The first-order chi connectivity index (χ1) is 13.7. The Morgan fingerprint density at radius 1 is 1.17 bits per heavy atom. The number of amides is 1. The second-order valence-corrected chi connectivity index (χ2v) is 6.50. The highest BCUT2D eigenvalue weighted by Gasteiger charge is 2.32. The van der Waals surface area contributed by atoms with Crippen LogP contribution in [0.5, 0.6) is 0 Å². The summed E-state index contributed by atoms with van der Waals surface area (Å²) in [4.78, 5) is 15.7. The third-order valence-electron chi connectivity index (χ3n) is 4.57. The van der Waals surface area contributed by atoms with Crippen molar-refractivity contribution < 1.29 is 26.7 Å². The summed E-state index contributed by atoms with van der Waals surface area (Å²) in [6, 6.07) is 4.41. The smallest absolute Gasteiger partial charge is 0.352 e. The summed E-state index contributed by atoms with van der Waals surface area (Å²) in [6.45, 7) is 0.421. The van der Waals surface area contributed by atoms with Crippen LogP contribution >= 0.6 is 0 Å². The molecular formula is C19H13F5N4O. The number of alkyl halides is 4. The van der Waals surface area contributed by atoms with Gasteiger partial charge in [-0.05, 0) is 35.9 Å². The van der Waals surface area contributed by atoms with Crippen LogP contribution in [-0.2, 0) is 12.6 Å². The molecule has 3 heterocycles. The van der Waals surface area contributed by atoms with Crippen LogP contribution in [0, 0.1) is 5.82 Å². The number of fused-ring (bicyclic) bond motifs is 1. The number of rotatable bonds is 3. The normalized spacial score (nSPS) is 15.0. The van der Waals surface area contributed by atoms with Gasteiger partial charge in [0.1, 0.15) is 5.82 Å². The molecule has 1 atom stereocenters. The van der Waals surface area contributed by atoms with Gasteiger partial charge in [-0.15, -0.1) is 0 Å². The molecule has 0 spiro atoms. The Labute approximate surface area is 161 Å². The maximum Gasteiger partial charge on any atom is 0.416 e. The Bertz CT molecular complexity index is 1090. The number of pyridine rings is 1. The van der Waals surface area contributed by atoms with Crippen molar-refractivity contribution in [1.29, 1.82) is 0 Å². The first-order valence-corrected chi connectivity index (χ1v) is 8.57. The van der Waals surface area contributed by atoms with E-state index in [2.05, 4.69) is 15.4 Å². The van der Waals surface area contributed by atoms with Crippen molar-refractivity contribution in [3.05, 3.63) is 76.6 Å². The van der Waals surface area contributed by atoms with E-state index >= 15 is 0 Å². The zero-order chi connectivity index (χ0) is 20.8. The number of carbonyl (C=O) groups excluding carboxylic acids is 1. The summed E-state index contributed by atoms with van der Waals surface area (Å²) in [7, 11) is 0. The predicted octanol–water partition coefficient (Wildman–Crippen LogP) is 3.77. The summed E-state index contributed by atoms with van der Waals surface area (Å²) >= 11 is 0. The molecule has 2 aromatic heterocycles. The van der Waals surface area contributed by atoms with E-state index in [-0.39, 0.29) is 11.6 Å². The van der Waals surface area contributed by atoms with Crippen LogP contribution in [0.2, 0.25) is 0 Å². The first kappa shape index (κ1) is 19.0. The molecule has 150 valence electrons. The molecule has 29 heavy (non-hydrogen) atoms. The molecule has 1 N–H and O–H groups in total. The van der Waals surface area contributed by atoms with Crippen molar-refractivity contribution in [2.24, 2.45) is 0 Å². The van der Waals surface area contributed by atoms with E-state index in [0.29, 0.717) is 48.1 Å². The van der Waals surface area contributed by atoms with Crippen molar-refractivity contribution in [1.82, 2.24) is 20.1 Å². The number of hydrogen-bond donors (Lipinski definition) is 1. The topological polar surface area (TPSA) is 59.8 Å². The van der Waals surface area contributed by atoms with E-state index < -0.39 is 29.3 Å². The van der Waals surface area contributed by atoms with Crippen molar-refractivity contribution in [3.63, 3.8) is 0 Å². The van der Waals surface area contributed by atoms with E-state index in [9.17, 15) is 26.7 Å². The molecule has 1 aliphatic heterocycles. The largest absolute Gasteiger partial charge is 0.416 e. The van der Waals surface area contributed by atoms with Gasteiger partial charge in [-0.25, -0.2) is 13.5 Å². The molecule has 1 aromatic carbocycles. The van der Waals surface area contributed by atoms with E-state index in [1.165, 1.54) is 29.2 Å². The van der Waals surface area contributed by atoms with E-state index in [1.807, 2.05) is 0 Å². The number of halogens is 5. The van der Waals surface area contributed by atoms with Gasteiger partial charge in [0.2, 0.25) is 0 Å². The zero-order valence-electron chi connectivity index (χ0n) is 14.7. The maximum atomic E-state index is 14.9. The SMILES string of the molecule is O=C1NCCc2c1cnn2-c1ccnc(C(F)c2cc(F)cc(C(F)(F)F)c2)c1. The van der Waals surface area contributed by atoms with Gasteiger partial charge in [0.15, 0.2) is 6.17 Å². The van der Waals surface area contributed by atoms with Crippen LogP contribution in [-0.4, -0.2) is 27.2 Å². The minimum absolute atomic E-state index is 0.203. The molecule has 4 rings (SSSR count). The van der Waals surface area contributed by atoms with E-state index in [0.717, 1.165) is 0 Å².